The van der Waals surface area contributed by atoms with Gasteiger partial charge in [-0.05, 0) is 48.9 Å². The van der Waals surface area contributed by atoms with Crippen LogP contribution in [-0.4, -0.2) is 15.3 Å². The van der Waals surface area contributed by atoms with Crippen LogP contribution in [0.15, 0.2) is 29.7 Å². The van der Waals surface area contributed by atoms with Gasteiger partial charge in [0, 0.05) is 11.5 Å². The summed E-state index contributed by atoms with van der Waals surface area (Å²) in [5.74, 6) is 7.70. The second-order valence-corrected chi connectivity index (χ2v) is 9.11. The maximum Gasteiger partial charge on any atom is 0.222 e. The highest BCUT2D eigenvalue weighted by molar-refractivity contribution is 5.63. The molecule has 1 aromatic heterocycles. The highest BCUT2D eigenvalue weighted by Crippen LogP contribution is 2.52. The molecule has 1 saturated carbocycles. The number of benzene rings is 1. The number of nitrogens with zero attached hydrogens (tertiary/aromatic N) is 2. The highest BCUT2D eigenvalue weighted by atomic mass is 16.5. The van der Waals surface area contributed by atoms with Gasteiger partial charge in [-0.2, -0.15) is 10.4 Å². The number of aliphatic hydroxyl groups is 1. The summed E-state index contributed by atoms with van der Waals surface area (Å²) < 4.78 is 5.74. The third kappa shape index (κ3) is 3.55. The summed E-state index contributed by atoms with van der Waals surface area (Å²) in [7, 11) is 0. The van der Waals surface area contributed by atoms with E-state index in [1.807, 2.05) is 25.1 Å². The Morgan fingerprint density at radius 1 is 1.28 bits per heavy atom. The topological polar surface area (TPSA) is 108 Å². The SMILES string of the molecule is Cc1n[nH]c2c1C(c1cc(C#CC3CCCCC3)cc(CO)c1)(C(C)C)C(C#N)=C(N)O2. The molecule has 1 aliphatic carbocycles. The van der Waals surface area contributed by atoms with Gasteiger partial charge < -0.3 is 15.6 Å². The summed E-state index contributed by atoms with van der Waals surface area (Å²) in [5, 5.41) is 27.4. The maximum absolute atomic E-state index is 10.2. The van der Waals surface area contributed by atoms with Gasteiger partial charge in [0.25, 0.3) is 0 Å². The molecule has 0 bridgehead atoms. The number of H-pyrrole nitrogens is 1. The van der Waals surface area contributed by atoms with Gasteiger partial charge in [0.05, 0.1) is 23.3 Å². The summed E-state index contributed by atoms with van der Waals surface area (Å²) >= 11 is 0. The van der Waals surface area contributed by atoms with Gasteiger partial charge in [-0.3, -0.25) is 0 Å². The van der Waals surface area contributed by atoms with E-state index in [1.165, 1.54) is 19.3 Å². The first-order valence-corrected chi connectivity index (χ1v) is 11.3. The molecule has 4 N–H and O–H groups in total. The molecule has 1 fully saturated rings. The zero-order valence-electron chi connectivity index (χ0n) is 19.0. The van der Waals surface area contributed by atoms with Gasteiger partial charge in [0.1, 0.15) is 11.6 Å². The van der Waals surface area contributed by atoms with E-state index in [0.29, 0.717) is 17.4 Å². The van der Waals surface area contributed by atoms with Crippen molar-refractivity contribution in [3.8, 4) is 23.8 Å². The van der Waals surface area contributed by atoms with E-state index in [1.54, 1.807) is 0 Å². The fourth-order valence-corrected chi connectivity index (χ4v) is 5.29. The normalized spacial score (nSPS) is 20.9. The predicted octanol–water partition coefficient (Wildman–Crippen LogP) is 4.17. The highest BCUT2D eigenvalue weighted by Gasteiger charge is 2.50. The van der Waals surface area contributed by atoms with Crippen LogP contribution in [0.2, 0.25) is 0 Å². The van der Waals surface area contributed by atoms with E-state index in [4.69, 9.17) is 10.5 Å². The number of nitriles is 1. The van der Waals surface area contributed by atoms with Gasteiger partial charge in [-0.1, -0.05) is 51.0 Å². The van der Waals surface area contributed by atoms with Crippen molar-refractivity contribution in [1.82, 2.24) is 10.2 Å². The summed E-state index contributed by atoms with van der Waals surface area (Å²) in [6, 6.07) is 8.21. The van der Waals surface area contributed by atoms with Crippen LogP contribution in [0.4, 0.5) is 0 Å². The van der Waals surface area contributed by atoms with Crippen LogP contribution in [0.1, 0.15) is 73.9 Å². The van der Waals surface area contributed by atoms with Gasteiger partial charge in [0.2, 0.25) is 11.8 Å². The first-order chi connectivity index (χ1) is 15.4. The van der Waals surface area contributed by atoms with Crippen LogP contribution < -0.4 is 10.5 Å². The van der Waals surface area contributed by atoms with Crippen molar-refractivity contribution >= 4 is 0 Å². The van der Waals surface area contributed by atoms with E-state index in [0.717, 1.165) is 40.8 Å². The average molecular weight is 431 g/mol. The number of aromatic amines is 1. The minimum absolute atomic E-state index is 0.0391. The van der Waals surface area contributed by atoms with Gasteiger partial charge in [0.15, 0.2) is 0 Å². The number of nitrogens with two attached hydrogens (primary N) is 1. The fraction of sp³-hybridized carbons (Fsp3) is 0.462. The standard InChI is InChI=1S/C26H30N4O2/c1-16(2)26(22(14-27)24(28)32-25-23(26)17(3)29-30-25)21-12-19(11-20(13-21)15-31)10-9-18-7-5-4-6-8-18/h11-13,16,18,31H,4-8,15,28H2,1-3H3,(H,29,30). The van der Waals surface area contributed by atoms with E-state index in [9.17, 15) is 10.4 Å². The van der Waals surface area contributed by atoms with E-state index >= 15 is 0 Å². The summed E-state index contributed by atoms with van der Waals surface area (Å²) in [5.41, 5.74) is 9.73. The van der Waals surface area contributed by atoms with Crippen molar-refractivity contribution in [2.24, 2.45) is 17.6 Å². The van der Waals surface area contributed by atoms with Crippen molar-refractivity contribution in [2.75, 3.05) is 0 Å². The third-order valence-corrected chi connectivity index (χ3v) is 6.80. The average Bonchev–Trinajstić information content (AvgIpc) is 3.17. The minimum atomic E-state index is -0.865. The lowest BCUT2D eigenvalue weighted by Gasteiger charge is -2.41. The monoisotopic (exact) mass is 430 g/mol. The Hall–Kier alpha value is -3.22. The van der Waals surface area contributed by atoms with Gasteiger partial charge in [-0.15, -0.1) is 0 Å². The van der Waals surface area contributed by atoms with Crippen LogP contribution in [0, 0.1) is 41.9 Å². The van der Waals surface area contributed by atoms with Crippen LogP contribution in [0.25, 0.3) is 0 Å². The first-order valence-electron chi connectivity index (χ1n) is 11.3. The Kier molecular flexibility index (Phi) is 6.00. The molecule has 6 nitrogen and oxygen atoms in total. The predicted molar refractivity (Wildman–Crippen MR) is 122 cm³/mol. The van der Waals surface area contributed by atoms with Crippen LogP contribution in [0.5, 0.6) is 5.88 Å². The molecule has 2 aromatic rings. The Bertz CT molecular complexity index is 1150. The molecule has 2 heterocycles. The molecule has 0 radical (unpaired) electrons. The number of hydrogen-bond donors (Lipinski definition) is 3. The minimum Gasteiger partial charge on any atom is -0.422 e. The lowest BCUT2D eigenvalue weighted by molar-refractivity contribution is 0.281. The molecular weight excluding hydrogens is 400 g/mol. The van der Waals surface area contributed by atoms with Crippen molar-refractivity contribution in [2.45, 2.75) is 64.9 Å². The van der Waals surface area contributed by atoms with Crippen LogP contribution >= 0.6 is 0 Å². The second kappa shape index (κ2) is 8.73. The van der Waals surface area contributed by atoms with Crippen molar-refractivity contribution in [3.05, 3.63) is 57.6 Å². The summed E-state index contributed by atoms with van der Waals surface area (Å²) in [6.07, 6.45) is 6.04. The Morgan fingerprint density at radius 3 is 2.69 bits per heavy atom. The fourth-order valence-electron chi connectivity index (χ4n) is 5.29. The number of ether oxygens (including phenoxy) is 1. The lowest BCUT2D eigenvalue weighted by atomic mass is 9.61. The van der Waals surface area contributed by atoms with Crippen molar-refractivity contribution < 1.29 is 9.84 Å². The summed E-state index contributed by atoms with van der Waals surface area (Å²) in [6.45, 7) is 5.90. The van der Waals surface area contributed by atoms with E-state index in [2.05, 4.69) is 42.0 Å². The number of hydrogen-bond acceptors (Lipinski definition) is 5. The number of rotatable bonds is 3. The van der Waals surface area contributed by atoms with Crippen molar-refractivity contribution in [3.63, 3.8) is 0 Å². The van der Waals surface area contributed by atoms with Crippen molar-refractivity contribution in [1.29, 1.82) is 5.26 Å². The second-order valence-electron chi connectivity index (χ2n) is 9.11. The van der Waals surface area contributed by atoms with Crippen LogP contribution in [0.3, 0.4) is 0 Å². The molecule has 1 unspecified atom stereocenters. The molecule has 2 aliphatic rings. The molecule has 166 valence electrons. The number of fused-ring (bicyclic) bond motifs is 1. The largest absolute Gasteiger partial charge is 0.422 e. The third-order valence-electron chi connectivity index (χ3n) is 6.80. The Morgan fingerprint density at radius 2 is 2.03 bits per heavy atom. The molecule has 0 amide bonds. The van der Waals surface area contributed by atoms with Gasteiger partial charge in [-0.25, -0.2) is 5.10 Å². The first kappa shape index (κ1) is 22.0. The molecular formula is C26H30N4O2. The van der Waals surface area contributed by atoms with Crippen LogP contribution in [-0.2, 0) is 12.0 Å². The molecule has 0 saturated heterocycles. The zero-order chi connectivity index (χ0) is 22.9. The molecule has 32 heavy (non-hydrogen) atoms. The van der Waals surface area contributed by atoms with E-state index in [-0.39, 0.29) is 18.4 Å². The lowest BCUT2D eigenvalue weighted by Crippen LogP contribution is -2.41. The maximum atomic E-state index is 10.2. The molecule has 6 heteroatoms. The number of aromatic nitrogens is 2. The molecule has 0 spiro atoms. The Balaban J connectivity index is 1.94. The molecule has 4 rings (SSSR count). The number of nitrogens with one attached hydrogen (secondary N) is 1. The Labute approximate surface area is 189 Å². The molecule has 1 aliphatic heterocycles. The molecule has 1 atom stereocenters. The smallest absolute Gasteiger partial charge is 0.222 e. The molecule has 1 aromatic carbocycles. The quantitative estimate of drug-likeness (QED) is 0.634. The zero-order valence-corrected chi connectivity index (χ0v) is 19.0. The van der Waals surface area contributed by atoms with Gasteiger partial charge >= 0.3 is 0 Å². The van der Waals surface area contributed by atoms with E-state index < -0.39 is 5.41 Å². The number of aliphatic hydroxyl groups excluding tert-OH is 1. The number of aryl methyl sites for hydroxylation is 1. The number of allylic oxidation sites excluding steroid dienone is 1. The summed E-state index contributed by atoms with van der Waals surface area (Å²) in [4.78, 5) is 0.